The molecule has 0 aliphatic carbocycles. The van der Waals surface area contributed by atoms with Gasteiger partial charge in [-0.3, -0.25) is 14.4 Å². The van der Waals surface area contributed by atoms with Gasteiger partial charge in [-0.1, -0.05) is 6.07 Å². The average molecular weight is 381 g/mol. The van der Waals surface area contributed by atoms with E-state index in [0.717, 1.165) is 18.7 Å². The van der Waals surface area contributed by atoms with Crippen molar-refractivity contribution in [3.63, 3.8) is 0 Å². The van der Waals surface area contributed by atoms with E-state index in [4.69, 9.17) is 4.42 Å². The first kappa shape index (κ1) is 18.3. The van der Waals surface area contributed by atoms with Crippen LogP contribution >= 0.6 is 0 Å². The molecule has 0 bridgehead atoms. The lowest BCUT2D eigenvalue weighted by molar-refractivity contribution is -0.121. The number of piperidine rings is 1. The largest absolute Gasteiger partial charge is 0.472 e. The number of nitrogens with one attached hydrogen (secondary N) is 1. The highest BCUT2D eigenvalue weighted by molar-refractivity contribution is 5.97. The Morgan fingerprint density at radius 3 is 2.61 bits per heavy atom. The van der Waals surface area contributed by atoms with Crippen LogP contribution in [0.4, 0.5) is 11.4 Å². The Kier molecular flexibility index (Phi) is 5.14. The number of carbonyl (C=O) groups is 3. The SMILES string of the molecule is O=C(Nc1cccc(N2CCCC2=O)c1)C1CCN(C(=O)c2ccoc2)CC1. The second kappa shape index (κ2) is 7.88. The molecule has 2 aliphatic heterocycles. The van der Waals surface area contributed by atoms with E-state index in [0.29, 0.717) is 43.6 Å². The monoisotopic (exact) mass is 381 g/mol. The molecule has 0 saturated carbocycles. The molecule has 7 nitrogen and oxygen atoms in total. The number of amides is 3. The first-order valence-electron chi connectivity index (χ1n) is 9.64. The van der Waals surface area contributed by atoms with Crippen molar-refractivity contribution in [1.82, 2.24) is 4.90 Å². The number of benzene rings is 1. The van der Waals surface area contributed by atoms with Crippen LogP contribution in [0.1, 0.15) is 36.0 Å². The zero-order valence-electron chi connectivity index (χ0n) is 15.6. The highest BCUT2D eigenvalue weighted by Gasteiger charge is 2.28. The van der Waals surface area contributed by atoms with Crippen molar-refractivity contribution in [3.05, 3.63) is 48.4 Å². The van der Waals surface area contributed by atoms with Crippen molar-refractivity contribution in [2.75, 3.05) is 29.9 Å². The minimum atomic E-state index is -0.134. The fourth-order valence-corrected chi connectivity index (χ4v) is 3.83. The summed E-state index contributed by atoms with van der Waals surface area (Å²) >= 11 is 0. The van der Waals surface area contributed by atoms with Gasteiger partial charge < -0.3 is 19.5 Å². The maximum absolute atomic E-state index is 12.7. The van der Waals surface area contributed by atoms with Crippen LogP contribution in [0.5, 0.6) is 0 Å². The first-order chi connectivity index (χ1) is 13.6. The minimum Gasteiger partial charge on any atom is -0.472 e. The molecule has 0 unspecified atom stereocenters. The van der Waals surface area contributed by atoms with E-state index >= 15 is 0 Å². The molecule has 3 amide bonds. The Balaban J connectivity index is 1.34. The predicted molar refractivity (Wildman–Crippen MR) is 104 cm³/mol. The van der Waals surface area contributed by atoms with Crippen molar-refractivity contribution >= 4 is 29.1 Å². The third-order valence-corrected chi connectivity index (χ3v) is 5.42. The van der Waals surface area contributed by atoms with Gasteiger partial charge >= 0.3 is 0 Å². The number of anilines is 2. The number of nitrogens with zero attached hydrogens (tertiary/aromatic N) is 2. The fraction of sp³-hybridized carbons (Fsp3) is 0.381. The lowest BCUT2D eigenvalue weighted by Crippen LogP contribution is -2.41. The Labute approximate surface area is 163 Å². The van der Waals surface area contributed by atoms with Crippen molar-refractivity contribution in [1.29, 1.82) is 0 Å². The second-order valence-electron chi connectivity index (χ2n) is 7.27. The summed E-state index contributed by atoms with van der Waals surface area (Å²) in [7, 11) is 0. The molecule has 2 aromatic rings. The molecule has 0 spiro atoms. The van der Waals surface area contributed by atoms with E-state index in [9.17, 15) is 14.4 Å². The summed E-state index contributed by atoms with van der Waals surface area (Å²) in [4.78, 5) is 40.5. The van der Waals surface area contributed by atoms with Crippen molar-refractivity contribution < 1.29 is 18.8 Å². The molecule has 2 saturated heterocycles. The van der Waals surface area contributed by atoms with Crippen molar-refractivity contribution in [3.8, 4) is 0 Å². The van der Waals surface area contributed by atoms with E-state index in [2.05, 4.69) is 5.32 Å². The van der Waals surface area contributed by atoms with E-state index in [1.165, 1.54) is 12.5 Å². The maximum atomic E-state index is 12.7. The number of hydrogen-bond acceptors (Lipinski definition) is 4. The van der Waals surface area contributed by atoms with Gasteiger partial charge in [-0.2, -0.15) is 0 Å². The molecule has 1 N–H and O–H groups in total. The number of hydrogen-bond donors (Lipinski definition) is 1. The summed E-state index contributed by atoms with van der Waals surface area (Å²) < 4.78 is 4.97. The minimum absolute atomic E-state index is 0.0414. The van der Waals surface area contributed by atoms with Crippen LogP contribution in [-0.2, 0) is 9.59 Å². The summed E-state index contributed by atoms with van der Waals surface area (Å²) in [5.74, 6) is -0.112. The van der Waals surface area contributed by atoms with Crippen molar-refractivity contribution in [2.45, 2.75) is 25.7 Å². The van der Waals surface area contributed by atoms with Crippen LogP contribution < -0.4 is 10.2 Å². The van der Waals surface area contributed by atoms with Gasteiger partial charge in [0.1, 0.15) is 6.26 Å². The first-order valence-corrected chi connectivity index (χ1v) is 9.64. The smallest absolute Gasteiger partial charge is 0.257 e. The standard InChI is InChI=1S/C21H23N3O4/c25-19-5-2-9-24(19)18-4-1-3-17(13-18)22-20(26)15-6-10-23(11-7-15)21(27)16-8-12-28-14-16/h1,3-4,8,12-15H,2,5-7,9-11H2,(H,22,26). The number of furan rings is 1. The molecule has 28 heavy (non-hydrogen) atoms. The molecule has 146 valence electrons. The third kappa shape index (κ3) is 3.78. The average Bonchev–Trinajstić information content (AvgIpc) is 3.39. The van der Waals surface area contributed by atoms with Gasteiger partial charge in [-0.05, 0) is 43.5 Å². The van der Waals surface area contributed by atoms with E-state index < -0.39 is 0 Å². The van der Waals surface area contributed by atoms with Gasteiger partial charge in [0, 0.05) is 43.3 Å². The van der Waals surface area contributed by atoms with E-state index in [1.54, 1.807) is 15.9 Å². The van der Waals surface area contributed by atoms with Crippen LogP contribution in [-0.4, -0.2) is 42.3 Å². The Morgan fingerprint density at radius 1 is 1.11 bits per heavy atom. The topological polar surface area (TPSA) is 82.9 Å². The van der Waals surface area contributed by atoms with Gasteiger partial charge in [-0.15, -0.1) is 0 Å². The molecule has 0 atom stereocenters. The van der Waals surface area contributed by atoms with Crippen LogP contribution in [0.25, 0.3) is 0 Å². The fourth-order valence-electron chi connectivity index (χ4n) is 3.83. The predicted octanol–water partition coefficient (Wildman–Crippen LogP) is 2.90. The van der Waals surface area contributed by atoms with Gasteiger partial charge in [0.2, 0.25) is 11.8 Å². The van der Waals surface area contributed by atoms with Crippen LogP contribution in [0.15, 0.2) is 47.3 Å². The number of rotatable bonds is 4. The lowest BCUT2D eigenvalue weighted by Gasteiger charge is -2.31. The number of likely N-dealkylation sites (tertiary alicyclic amines) is 1. The highest BCUT2D eigenvalue weighted by Crippen LogP contribution is 2.26. The molecule has 7 heteroatoms. The lowest BCUT2D eigenvalue weighted by atomic mass is 9.95. The zero-order valence-corrected chi connectivity index (χ0v) is 15.6. The molecular formula is C21H23N3O4. The number of carbonyl (C=O) groups excluding carboxylic acids is 3. The third-order valence-electron chi connectivity index (χ3n) is 5.42. The summed E-state index contributed by atoms with van der Waals surface area (Å²) in [5, 5.41) is 2.97. The Bertz CT molecular complexity index is 870. The summed E-state index contributed by atoms with van der Waals surface area (Å²) in [6.45, 7) is 1.81. The molecular weight excluding hydrogens is 358 g/mol. The van der Waals surface area contributed by atoms with Crippen molar-refractivity contribution in [2.24, 2.45) is 5.92 Å². The van der Waals surface area contributed by atoms with E-state index in [-0.39, 0.29) is 23.6 Å². The molecule has 0 radical (unpaired) electrons. The Hall–Kier alpha value is -3.09. The molecule has 3 heterocycles. The van der Waals surface area contributed by atoms with Gasteiger partial charge in [0.15, 0.2) is 0 Å². The van der Waals surface area contributed by atoms with Crippen LogP contribution in [0, 0.1) is 5.92 Å². The van der Waals surface area contributed by atoms with E-state index in [1.807, 2.05) is 24.3 Å². The van der Waals surface area contributed by atoms with Gasteiger partial charge in [0.25, 0.3) is 5.91 Å². The summed E-state index contributed by atoms with van der Waals surface area (Å²) in [5.41, 5.74) is 2.05. The van der Waals surface area contributed by atoms with Crippen LogP contribution in [0.3, 0.4) is 0 Å². The second-order valence-corrected chi connectivity index (χ2v) is 7.27. The zero-order chi connectivity index (χ0) is 19.5. The molecule has 1 aromatic heterocycles. The van der Waals surface area contributed by atoms with Gasteiger partial charge in [-0.25, -0.2) is 0 Å². The van der Waals surface area contributed by atoms with Crippen LogP contribution in [0.2, 0.25) is 0 Å². The molecule has 1 aromatic carbocycles. The maximum Gasteiger partial charge on any atom is 0.257 e. The molecule has 4 rings (SSSR count). The molecule has 2 fully saturated rings. The quantitative estimate of drug-likeness (QED) is 0.883. The summed E-state index contributed by atoms with van der Waals surface area (Å²) in [6, 6.07) is 9.07. The normalized spacial score (nSPS) is 17.8. The Morgan fingerprint density at radius 2 is 1.93 bits per heavy atom. The summed E-state index contributed by atoms with van der Waals surface area (Å²) in [6.07, 6.45) is 5.62. The molecule has 2 aliphatic rings. The van der Waals surface area contributed by atoms with Gasteiger partial charge in [0.05, 0.1) is 11.8 Å². The highest BCUT2D eigenvalue weighted by atomic mass is 16.3.